The number of halogens is 1. The zero-order valence-electron chi connectivity index (χ0n) is 19.4. The Kier molecular flexibility index (Phi) is 23.2. The van der Waals surface area contributed by atoms with Gasteiger partial charge >= 0.3 is 0 Å². The summed E-state index contributed by atoms with van der Waals surface area (Å²) in [5, 5.41) is -0.178. The molecule has 0 N–H and O–H groups in total. The van der Waals surface area contributed by atoms with Crippen LogP contribution < -0.4 is 0 Å². The lowest BCUT2D eigenvalue weighted by atomic mass is 10.0. The Morgan fingerprint density at radius 3 is 1.00 bits per heavy atom. The van der Waals surface area contributed by atoms with Gasteiger partial charge in [-0.25, -0.2) is 0 Å². The second kappa shape index (κ2) is 23.2. The van der Waals surface area contributed by atoms with Crippen LogP contribution in [0.3, 0.4) is 0 Å². The van der Waals surface area contributed by atoms with Crippen molar-refractivity contribution in [1.82, 2.24) is 0 Å². The van der Waals surface area contributed by atoms with E-state index in [-0.39, 0.29) is 5.24 Å². The van der Waals surface area contributed by atoms with Gasteiger partial charge in [0.25, 0.3) is 0 Å². The normalized spacial score (nSPS) is 11.4. The molecule has 28 heavy (non-hydrogen) atoms. The number of hydrogen-bond donors (Lipinski definition) is 0. The third kappa shape index (κ3) is 26.0. The standard InChI is InChI=1S/C26H51ClO/c1-25(2)23-21-19-17-15-13-11-9-7-5-3-4-6-8-10-12-14-16-18-20-22-24-26(27)28/h25H,3-24H2,1-2H3. The van der Waals surface area contributed by atoms with E-state index in [0.717, 1.165) is 18.8 Å². The van der Waals surface area contributed by atoms with Gasteiger partial charge in [0.15, 0.2) is 0 Å². The minimum Gasteiger partial charge on any atom is -0.281 e. The summed E-state index contributed by atoms with van der Waals surface area (Å²) in [6, 6.07) is 0. The first-order valence-corrected chi connectivity index (χ1v) is 13.2. The van der Waals surface area contributed by atoms with Crippen molar-refractivity contribution in [2.75, 3.05) is 0 Å². The monoisotopic (exact) mass is 414 g/mol. The zero-order chi connectivity index (χ0) is 20.7. The van der Waals surface area contributed by atoms with E-state index in [4.69, 9.17) is 11.6 Å². The maximum atomic E-state index is 10.6. The molecule has 0 unspecified atom stereocenters. The van der Waals surface area contributed by atoms with Gasteiger partial charge in [-0.15, -0.1) is 0 Å². The van der Waals surface area contributed by atoms with Crippen molar-refractivity contribution in [3.05, 3.63) is 0 Å². The number of carbonyl (C=O) groups excluding carboxylic acids is 1. The maximum absolute atomic E-state index is 10.6. The summed E-state index contributed by atoms with van der Waals surface area (Å²) in [6.45, 7) is 4.67. The molecule has 0 amide bonds. The van der Waals surface area contributed by atoms with Crippen LogP contribution in [-0.2, 0) is 4.79 Å². The van der Waals surface area contributed by atoms with E-state index in [1.807, 2.05) is 0 Å². The summed E-state index contributed by atoms with van der Waals surface area (Å²) in [4.78, 5) is 10.6. The van der Waals surface area contributed by atoms with Gasteiger partial charge in [-0.2, -0.15) is 0 Å². The van der Waals surface area contributed by atoms with Crippen LogP contribution in [0.25, 0.3) is 0 Å². The quantitative estimate of drug-likeness (QED) is 0.120. The third-order valence-electron chi connectivity index (χ3n) is 5.90. The Bertz CT molecular complexity index is 314. The van der Waals surface area contributed by atoms with Crippen molar-refractivity contribution in [3.63, 3.8) is 0 Å². The molecule has 0 aliphatic carbocycles. The average molecular weight is 415 g/mol. The molecule has 0 aliphatic rings. The molecule has 0 heterocycles. The first-order chi connectivity index (χ1) is 13.6. The number of rotatable bonds is 23. The number of carbonyl (C=O) groups is 1. The van der Waals surface area contributed by atoms with E-state index in [1.165, 1.54) is 122 Å². The average Bonchev–Trinajstić information content (AvgIpc) is 2.65. The van der Waals surface area contributed by atoms with Crippen LogP contribution in [0.15, 0.2) is 0 Å². The third-order valence-corrected chi connectivity index (χ3v) is 6.09. The SMILES string of the molecule is CC(C)CCCCCCCCCCCCCCCCCCCCCCC(=O)Cl. The van der Waals surface area contributed by atoms with Gasteiger partial charge in [0, 0.05) is 6.42 Å². The van der Waals surface area contributed by atoms with E-state index in [0.29, 0.717) is 6.42 Å². The highest BCUT2D eigenvalue weighted by atomic mass is 35.5. The van der Waals surface area contributed by atoms with Gasteiger partial charge in [0.1, 0.15) is 0 Å². The van der Waals surface area contributed by atoms with Crippen molar-refractivity contribution in [1.29, 1.82) is 0 Å². The molecule has 0 saturated carbocycles. The van der Waals surface area contributed by atoms with E-state index in [1.54, 1.807) is 0 Å². The van der Waals surface area contributed by atoms with Gasteiger partial charge in [0.05, 0.1) is 0 Å². The van der Waals surface area contributed by atoms with Crippen molar-refractivity contribution in [2.45, 2.75) is 155 Å². The molecule has 0 aromatic carbocycles. The fourth-order valence-electron chi connectivity index (χ4n) is 4.00. The highest BCUT2D eigenvalue weighted by Gasteiger charge is 1.98. The first kappa shape index (κ1) is 28.0. The molecule has 0 fully saturated rings. The molecule has 0 saturated heterocycles. The van der Waals surface area contributed by atoms with Crippen LogP contribution >= 0.6 is 11.6 Å². The van der Waals surface area contributed by atoms with E-state index < -0.39 is 0 Å². The molecule has 2 heteroatoms. The molecule has 0 aromatic rings. The van der Waals surface area contributed by atoms with Crippen LogP contribution in [-0.4, -0.2) is 5.24 Å². The number of hydrogen-bond acceptors (Lipinski definition) is 1. The lowest BCUT2D eigenvalue weighted by Gasteiger charge is -2.05. The Morgan fingerprint density at radius 1 is 0.500 bits per heavy atom. The molecule has 0 atom stereocenters. The fraction of sp³-hybridized carbons (Fsp3) is 0.962. The van der Waals surface area contributed by atoms with Crippen LogP contribution in [0.1, 0.15) is 155 Å². The van der Waals surface area contributed by atoms with Crippen LogP contribution in [0.4, 0.5) is 0 Å². The van der Waals surface area contributed by atoms with Crippen LogP contribution in [0, 0.1) is 5.92 Å². The van der Waals surface area contributed by atoms with Gasteiger partial charge in [0.2, 0.25) is 5.24 Å². The summed E-state index contributed by atoms with van der Waals surface area (Å²) in [5.74, 6) is 0.886. The first-order valence-electron chi connectivity index (χ1n) is 12.8. The smallest absolute Gasteiger partial charge is 0.221 e. The Labute approximate surface area is 182 Å². The minimum absolute atomic E-state index is 0.178. The molecular weight excluding hydrogens is 364 g/mol. The highest BCUT2D eigenvalue weighted by Crippen LogP contribution is 2.16. The lowest BCUT2D eigenvalue weighted by Crippen LogP contribution is -1.87. The Hall–Kier alpha value is -0.0400. The van der Waals surface area contributed by atoms with E-state index >= 15 is 0 Å². The Balaban J connectivity index is 3.00. The molecule has 0 aromatic heterocycles. The van der Waals surface area contributed by atoms with Crippen molar-refractivity contribution >= 4 is 16.8 Å². The van der Waals surface area contributed by atoms with E-state index in [9.17, 15) is 4.79 Å². The fourth-order valence-corrected chi connectivity index (χ4v) is 4.13. The second-order valence-electron chi connectivity index (χ2n) is 9.36. The van der Waals surface area contributed by atoms with Crippen molar-refractivity contribution in [3.8, 4) is 0 Å². The zero-order valence-corrected chi connectivity index (χ0v) is 20.2. The second-order valence-corrected chi connectivity index (χ2v) is 9.78. The van der Waals surface area contributed by atoms with Gasteiger partial charge in [-0.05, 0) is 23.9 Å². The molecular formula is C26H51ClO. The summed E-state index contributed by atoms with van der Waals surface area (Å²) in [5.41, 5.74) is 0. The largest absolute Gasteiger partial charge is 0.281 e. The van der Waals surface area contributed by atoms with Gasteiger partial charge in [-0.3, -0.25) is 4.79 Å². The van der Waals surface area contributed by atoms with Gasteiger partial charge < -0.3 is 0 Å². The van der Waals surface area contributed by atoms with Gasteiger partial charge in [-0.1, -0.05) is 142 Å². The lowest BCUT2D eigenvalue weighted by molar-refractivity contribution is -0.111. The molecule has 0 rings (SSSR count). The topological polar surface area (TPSA) is 17.1 Å². The highest BCUT2D eigenvalue weighted by molar-refractivity contribution is 6.63. The minimum atomic E-state index is -0.178. The molecule has 0 radical (unpaired) electrons. The van der Waals surface area contributed by atoms with Crippen LogP contribution in [0.2, 0.25) is 0 Å². The van der Waals surface area contributed by atoms with E-state index in [2.05, 4.69) is 13.8 Å². The van der Waals surface area contributed by atoms with Crippen molar-refractivity contribution < 1.29 is 4.79 Å². The molecule has 0 spiro atoms. The predicted molar refractivity (Wildman–Crippen MR) is 127 cm³/mol. The predicted octanol–water partition coefficient (Wildman–Crippen LogP) is 9.99. The molecule has 0 bridgehead atoms. The van der Waals surface area contributed by atoms with Crippen molar-refractivity contribution in [2.24, 2.45) is 5.92 Å². The Morgan fingerprint density at radius 2 is 0.750 bits per heavy atom. The molecule has 168 valence electrons. The summed E-state index contributed by atoms with van der Waals surface area (Å²) in [6.07, 6.45) is 29.8. The van der Waals surface area contributed by atoms with Crippen LogP contribution in [0.5, 0.6) is 0 Å². The number of unbranched alkanes of at least 4 members (excludes halogenated alkanes) is 19. The molecule has 1 nitrogen and oxygen atoms in total. The maximum Gasteiger partial charge on any atom is 0.221 e. The molecule has 0 aliphatic heterocycles. The summed E-state index contributed by atoms with van der Waals surface area (Å²) >= 11 is 5.34. The summed E-state index contributed by atoms with van der Waals surface area (Å²) < 4.78 is 0. The summed E-state index contributed by atoms with van der Waals surface area (Å²) in [7, 11) is 0.